The topological polar surface area (TPSA) is 158 Å². The van der Waals surface area contributed by atoms with Crippen molar-refractivity contribution in [3.05, 3.63) is 42.0 Å². The maximum atomic E-state index is 10.2. The molecule has 2 fully saturated rings. The van der Waals surface area contributed by atoms with E-state index in [1.54, 1.807) is 6.08 Å². The van der Waals surface area contributed by atoms with Gasteiger partial charge in [0.2, 0.25) is 0 Å². The zero-order valence-corrected chi connectivity index (χ0v) is 16.2. The van der Waals surface area contributed by atoms with Crippen LogP contribution in [0.1, 0.15) is 5.56 Å². The van der Waals surface area contributed by atoms with Crippen molar-refractivity contribution in [3.8, 4) is 0 Å². The first-order chi connectivity index (χ1) is 14.4. The molecule has 168 valence electrons. The van der Waals surface area contributed by atoms with E-state index in [0.29, 0.717) is 0 Å². The van der Waals surface area contributed by atoms with Crippen molar-refractivity contribution < 1.29 is 49.6 Å². The number of rotatable bonds is 7. The first-order valence-electron chi connectivity index (χ1n) is 9.68. The molecule has 1 aromatic carbocycles. The van der Waals surface area contributed by atoms with Crippen LogP contribution < -0.4 is 0 Å². The summed E-state index contributed by atoms with van der Waals surface area (Å²) < 4.78 is 21.5. The maximum absolute atomic E-state index is 10.2. The quantitative estimate of drug-likeness (QED) is 0.286. The van der Waals surface area contributed by atoms with Crippen LogP contribution in [0.15, 0.2) is 36.4 Å². The van der Waals surface area contributed by atoms with Crippen molar-refractivity contribution in [1.29, 1.82) is 0 Å². The SMILES string of the molecule is OC1[C@H](OC/C=C/c2ccccc2)OC(CO[C@@H]2OC[C@H](O)[C@H](O)C2O)[C@@H](O)[C@@H]1O. The summed E-state index contributed by atoms with van der Waals surface area (Å²) in [5.41, 5.74) is 0.964. The average molecular weight is 428 g/mol. The first-order valence-corrected chi connectivity index (χ1v) is 9.68. The van der Waals surface area contributed by atoms with Crippen molar-refractivity contribution in [2.24, 2.45) is 0 Å². The Bertz CT molecular complexity index is 671. The monoisotopic (exact) mass is 428 g/mol. The van der Waals surface area contributed by atoms with Crippen molar-refractivity contribution >= 4 is 6.08 Å². The van der Waals surface area contributed by atoms with Crippen LogP contribution in [-0.4, -0.2) is 106 Å². The van der Waals surface area contributed by atoms with Gasteiger partial charge in [-0.3, -0.25) is 0 Å². The summed E-state index contributed by atoms with van der Waals surface area (Å²) in [7, 11) is 0. The molecule has 0 spiro atoms. The fourth-order valence-electron chi connectivity index (χ4n) is 3.21. The predicted octanol–water partition coefficient (Wildman–Crippen LogP) is -2.02. The van der Waals surface area contributed by atoms with E-state index in [1.165, 1.54) is 0 Å². The standard InChI is InChI=1S/C20H28O10/c21-12-9-28-19(17(25)14(12)22)29-10-13-15(23)16(24)18(26)20(30-13)27-8-4-7-11-5-2-1-3-6-11/h1-7,12-26H,8-10H2/b7-4+/t12-,13?,14-,15+,16-,17?,18?,19-,20+/m0/s1. The molecule has 0 amide bonds. The minimum absolute atomic E-state index is 0.0849. The number of aliphatic hydroxyl groups is 6. The van der Waals surface area contributed by atoms with Gasteiger partial charge in [-0.2, -0.15) is 0 Å². The van der Waals surface area contributed by atoms with E-state index >= 15 is 0 Å². The molecule has 1 aromatic rings. The lowest BCUT2D eigenvalue weighted by Gasteiger charge is -2.41. The molecule has 2 saturated heterocycles. The van der Waals surface area contributed by atoms with Crippen LogP contribution in [0.4, 0.5) is 0 Å². The lowest BCUT2D eigenvalue weighted by molar-refractivity contribution is -0.319. The molecule has 10 heteroatoms. The number of hydrogen-bond donors (Lipinski definition) is 6. The van der Waals surface area contributed by atoms with E-state index in [9.17, 15) is 30.6 Å². The molecule has 0 bridgehead atoms. The summed E-state index contributed by atoms with van der Waals surface area (Å²) in [6, 6.07) is 9.50. The van der Waals surface area contributed by atoms with E-state index in [1.807, 2.05) is 36.4 Å². The molecule has 2 heterocycles. The number of hydrogen-bond acceptors (Lipinski definition) is 10. The third-order valence-corrected chi connectivity index (χ3v) is 5.01. The fraction of sp³-hybridized carbons (Fsp3) is 0.600. The zero-order chi connectivity index (χ0) is 21.7. The number of aliphatic hydroxyl groups excluding tert-OH is 6. The molecule has 2 aliphatic rings. The Morgan fingerprint density at radius 3 is 2.27 bits per heavy atom. The second-order valence-corrected chi connectivity index (χ2v) is 7.24. The summed E-state index contributed by atoms with van der Waals surface area (Å²) in [6.07, 6.45) is -8.71. The molecule has 6 N–H and O–H groups in total. The van der Waals surface area contributed by atoms with Gasteiger partial charge in [-0.1, -0.05) is 42.5 Å². The van der Waals surface area contributed by atoms with Gasteiger partial charge in [0.05, 0.1) is 19.8 Å². The molecule has 30 heavy (non-hydrogen) atoms. The predicted molar refractivity (Wildman–Crippen MR) is 102 cm³/mol. The lowest BCUT2D eigenvalue weighted by atomic mass is 9.99. The summed E-state index contributed by atoms with van der Waals surface area (Å²) in [5.74, 6) is 0. The second kappa shape index (κ2) is 10.7. The van der Waals surface area contributed by atoms with E-state index < -0.39 is 55.3 Å². The van der Waals surface area contributed by atoms with Crippen LogP contribution in [-0.2, 0) is 18.9 Å². The largest absolute Gasteiger partial charge is 0.388 e. The molecule has 0 aromatic heterocycles. The van der Waals surface area contributed by atoms with Crippen molar-refractivity contribution in [3.63, 3.8) is 0 Å². The van der Waals surface area contributed by atoms with E-state index in [2.05, 4.69) is 0 Å². The zero-order valence-electron chi connectivity index (χ0n) is 16.2. The van der Waals surface area contributed by atoms with E-state index in [0.717, 1.165) is 5.56 Å². The van der Waals surface area contributed by atoms with Gasteiger partial charge in [0.1, 0.15) is 42.7 Å². The maximum Gasteiger partial charge on any atom is 0.187 e. The Hall–Kier alpha value is -1.44. The smallest absolute Gasteiger partial charge is 0.187 e. The molecule has 0 aliphatic carbocycles. The molecular formula is C20H28O10. The van der Waals surface area contributed by atoms with E-state index in [-0.39, 0.29) is 19.8 Å². The van der Waals surface area contributed by atoms with Gasteiger partial charge in [0, 0.05) is 0 Å². The van der Waals surface area contributed by atoms with Crippen LogP contribution in [0.25, 0.3) is 6.08 Å². The molecule has 9 atom stereocenters. The van der Waals surface area contributed by atoms with Gasteiger partial charge in [-0.25, -0.2) is 0 Å². The van der Waals surface area contributed by atoms with Gasteiger partial charge >= 0.3 is 0 Å². The third kappa shape index (κ3) is 5.62. The average Bonchev–Trinajstić information content (AvgIpc) is 2.76. The summed E-state index contributed by atoms with van der Waals surface area (Å²) >= 11 is 0. The van der Waals surface area contributed by atoms with Crippen molar-refractivity contribution in [2.45, 2.75) is 55.3 Å². The van der Waals surface area contributed by atoms with Crippen LogP contribution in [0.2, 0.25) is 0 Å². The van der Waals surface area contributed by atoms with E-state index in [4.69, 9.17) is 18.9 Å². The minimum Gasteiger partial charge on any atom is -0.388 e. The van der Waals surface area contributed by atoms with Crippen molar-refractivity contribution in [1.82, 2.24) is 0 Å². The fourth-order valence-corrected chi connectivity index (χ4v) is 3.21. The van der Waals surface area contributed by atoms with Gasteiger partial charge in [-0.05, 0) is 5.56 Å². The van der Waals surface area contributed by atoms with Crippen LogP contribution in [0.5, 0.6) is 0 Å². The van der Waals surface area contributed by atoms with Crippen LogP contribution in [0, 0.1) is 0 Å². The molecule has 3 unspecified atom stereocenters. The summed E-state index contributed by atoms with van der Waals surface area (Å²) in [4.78, 5) is 0. The molecule has 10 nitrogen and oxygen atoms in total. The highest BCUT2D eigenvalue weighted by Gasteiger charge is 2.45. The normalized spacial score (nSPS) is 40.0. The van der Waals surface area contributed by atoms with Crippen LogP contribution in [0.3, 0.4) is 0 Å². The molecule has 2 aliphatic heterocycles. The van der Waals surface area contributed by atoms with Gasteiger partial charge in [-0.15, -0.1) is 0 Å². The molecule has 0 saturated carbocycles. The Kier molecular flexibility index (Phi) is 8.31. The Balaban J connectivity index is 1.52. The van der Waals surface area contributed by atoms with Gasteiger partial charge in [0.15, 0.2) is 12.6 Å². The molecule has 0 radical (unpaired) electrons. The van der Waals surface area contributed by atoms with Crippen LogP contribution >= 0.6 is 0 Å². The third-order valence-electron chi connectivity index (χ3n) is 5.01. The Labute approximate surface area is 173 Å². The summed E-state index contributed by atoms with van der Waals surface area (Å²) in [6.45, 7) is -0.478. The Morgan fingerprint density at radius 1 is 0.833 bits per heavy atom. The summed E-state index contributed by atoms with van der Waals surface area (Å²) in [5, 5.41) is 59.4. The van der Waals surface area contributed by atoms with Crippen molar-refractivity contribution in [2.75, 3.05) is 19.8 Å². The number of ether oxygens (including phenoxy) is 4. The Morgan fingerprint density at radius 2 is 1.53 bits per heavy atom. The number of benzene rings is 1. The highest BCUT2D eigenvalue weighted by Crippen LogP contribution is 2.24. The lowest BCUT2D eigenvalue weighted by Crippen LogP contribution is -2.60. The highest BCUT2D eigenvalue weighted by atomic mass is 16.7. The highest BCUT2D eigenvalue weighted by molar-refractivity contribution is 5.48. The molecular weight excluding hydrogens is 400 g/mol. The first kappa shape index (κ1) is 23.2. The van der Waals surface area contributed by atoms with Gasteiger partial charge in [0.25, 0.3) is 0 Å². The molecule has 3 rings (SSSR count). The second-order valence-electron chi connectivity index (χ2n) is 7.24. The minimum atomic E-state index is -1.54. The van der Waals surface area contributed by atoms with Gasteiger partial charge < -0.3 is 49.6 Å².